The van der Waals surface area contributed by atoms with Gasteiger partial charge in [-0.15, -0.1) is 0 Å². The van der Waals surface area contributed by atoms with Crippen LogP contribution in [0.1, 0.15) is 84.0 Å². The van der Waals surface area contributed by atoms with Crippen molar-refractivity contribution in [2.75, 3.05) is 32.8 Å². The molecule has 3 N–H and O–H groups in total. The first-order chi connectivity index (χ1) is 12.2. The molecule has 0 saturated heterocycles. The summed E-state index contributed by atoms with van der Waals surface area (Å²) in [5, 5.41) is 16.4. The Morgan fingerprint density at radius 1 is 0.760 bits per heavy atom. The number of aliphatic hydroxyl groups excluding tert-OH is 1. The van der Waals surface area contributed by atoms with Gasteiger partial charge in [-0.1, -0.05) is 67.0 Å². The highest BCUT2D eigenvalue weighted by atomic mass is 33.1. The van der Waals surface area contributed by atoms with E-state index in [-0.39, 0.29) is 0 Å². The number of hydrogen-bond donors (Lipinski definition) is 3. The van der Waals surface area contributed by atoms with Crippen molar-refractivity contribution in [3.8, 4) is 0 Å². The second kappa shape index (κ2) is 12.1. The van der Waals surface area contributed by atoms with Gasteiger partial charge in [0.2, 0.25) is 0 Å². The lowest BCUT2D eigenvalue weighted by atomic mass is 9.88. The van der Waals surface area contributed by atoms with Crippen molar-refractivity contribution in [3.63, 3.8) is 0 Å². The lowest BCUT2D eigenvalue weighted by molar-refractivity contribution is 0.283. The molecule has 3 nitrogen and oxygen atoms in total. The van der Waals surface area contributed by atoms with Crippen molar-refractivity contribution < 1.29 is 5.11 Å². The fourth-order valence-electron chi connectivity index (χ4n) is 4.16. The van der Waals surface area contributed by atoms with Crippen LogP contribution in [0.15, 0.2) is 0 Å². The second-order valence-corrected chi connectivity index (χ2v) is 11.2. The molecule has 0 aliphatic heterocycles. The van der Waals surface area contributed by atoms with Gasteiger partial charge in [0.1, 0.15) is 0 Å². The maximum atomic E-state index is 9.02. The molecular weight excluding hydrogens is 348 g/mol. The molecule has 2 rings (SSSR count). The van der Waals surface area contributed by atoms with Crippen molar-refractivity contribution in [1.29, 1.82) is 0 Å². The lowest BCUT2D eigenvalue weighted by Gasteiger charge is -2.42. The quantitative estimate of drug-likeness (QED) is 0.333. The normalized spacial score (nSPS) is 22.8. The van der Waals surface area contributed by atoms with E-state index < -0.39 is 0 Å². The zero-order chi connectivity index (χ0) is 17.8. The van der Waals surface area contributed by atoms with Gasteiger partial charge >= 0.3 is 0 Å². The van der Waals surface area contributed by atoms with Crippen LogP contribution in [-0.4, -0.2) is 47.4 Å². The molecule has 25 heavy (non-hydrogen) atoms. The summed E-state index contributed by atoms with van der Waals surface area (Å²) < 4.78 is 0.862. The number of aliphatic hydroxyl groups is 1. The maximum absolute atomic E-state index is 9.02. The van der Waals surface area contributed by atoms with E-state index in [1.54, 1.807) is 0 Å². The van der Waals surface area contributed by atoms with Gasteiger partial charge in [-0.3, -0.25) is 0 Å². The van der Waals surface area contributed by atoms with Crippen LogP contribution in [-0.2, 0) is 0 Å². The predicted octanol–water partition coefficient (Wildman–Crippen LogP) is 4.75. The number of rotatable bonds is 12. The minimum atomic E-state index is 0.300. The summed E-state index contributed by atoms with van der Waals surface area (Å²) in [6, 6.07) is 0. The predicted molar refractivity (Wildman–Crippen MR) is 115 cm³/mol. The Morgan fingerprint density at radius 2 is 1.24 bits per heavy atom. The van der Waals surface area contributed by atoms with Crippen molar-refractivity contribution in [2.24, 2.45) is 0 Å². The third-order valence-electron chi connectivity index (χ3n) is 5.76. The maximum Gasteiger partial charge on any atom is 0.0443 e. The summed E-state index contributed by atoms with van der Waals surface area (Å²) in [4.78, 5) is 0. The summed E-state index contributed by atoms with van der Waals surface area (Å²) in [6.45, 7) is 6.97. The molecule has 2 saturated carbocycles. The van der Waals surface area contributed by atoms with Crippen LogP contribution in [0.5, 0.6) is 0 Å². The van der Waals surface area contributed by atoms with E-state index in [2.05, 4.69) is 39.1 Å². The van der Waals surface area contributed by atoms with Crippen LogP contribution in [0.2, 0.25) is 0 Å². The topological polar surface area (TPSA) is 44.3 Å². The molecule has 2 aliphatic carbocycles. The van der Waals surface area contributed by atoms with Gasteiger partial charge in [0.05, 0.1) is 0 Å². The molecule has 0 amide bonds. The summed E-state index contributed by atoms with van der Waals surface area (Å²) in [5.41, 5.74) is 0. The summed E-state index contributed by atoms with van der Waals surface area (Å²) in [6.07, 6.45) is 16.0. The Morgan fingerprint density at radius 3 is 1.68 bits per heavy atom. The van der Waals surface area contributed by atoms with Gasteiger partial charge in [-0.05, 0) is 51.6 Å². The van der Waals surface area contributed by atoms with Crippen LogP contribution in [0.25, 0.3) is 0 Å². The SMILES string of the molecule is CCCNCC1(SSC2(CNCCCO)CCCCC2)CCCCC1. The third-order valence-corrected chi connectivity index (χ3v) is 10.0. The van der Waals surface area contributed by atoms with E-state index in [9.17, 15) is 0 Å². The largest absolute Gasteiger partial charge is 0.396 e. The Kier molecular flexibility index (Phi) is 10.6. The average Bonchev–Trinajstić information content (AvgIpc) is 2.66. The Balaban J connectivity index is 1.90. The summed E-state index contributed by atoms with van der Waals surface area (Å²) in [7, 11) is 4.45. The van der Waals surface area contributed by atoms with E-state index in [0.717, 1.165) is 26.1 Å². The first kappa shape index (κ1) is 21.9. The van der Waals surface area contributed by atoms with Crippen LogP contribution < -0.4 is 10.6 Å². The molecule has 148 valence electrons. The highest BCUT2D eigenvalue weighted by molar-refractivity contribution is 8.77. The Hall–Kier alpha value is 0.580. The van der Waals surface area contributed by atoms with Gasteiger partial charge in [0.15, 0.2) is 0 Å². The molecule has 0 heterocycles. The van der Waals surface area contributed by atoms with Crippen LogP contribution in [0, 0.1) is 0 Å². The van der Waals surface area contributed by atoms with Crippen LogP contribution in [0.3, 0.4) is 0 Å². The van der Waals surface area contributed by atoms with Crippen LogP contribution in [0.4, 0.5) is 0 Å². The van der Waals surface area contributed by atoms with Crippen LogP contribution >= 0.6 is 21.6 Å². The summed E-state index contributed by atoms with van der Waals surface area (Å²) in [5.74, 6) is 0. The van der Waals surface area contributed by atoms with Gasteiger partial charge < -0.3 is 15.7 Å². The zero-order valence-electron chi connectivity index (χ0n) is 16.3. The third kappa shape index (κ3) is 7.61. The minimum Gasteiger partial charge on any atom is -0.396 e. The molecule has 0 aromatic heterocycles. The van der Waals surface area contributed by atoms with Gasteiger partial charge in [-0.25, -0.2) is 0 Å². The first-order valence-corrected chi connectivity index (χ1v) is 12.8. The highest BCUT2D eigenvalue weighted by Crippen LogP contribution is 2.53. The van der Waals surface area contributed by atoms with E-state index in [1.165, 1.54) is 77.2 Å². The van der Waals surface area contributed by atoms with Crippen molar-refractivity contribution in [3.05, 3.63) is 0 Å². The van der Waals surface area contributed by atoms with Crippen molar-refractivity contribution in [2.45, 2.75) is 93.5 Å². The molecule has 0 radical (unpaired) electrons. The van der Waals surface area contributed by atoms with Gasteiger partial charge in [0, 0.05) is 29.2 Å². The van der Waals surface area contributed by atoms with Crippen molar-refractivity contribution >= 4 is 21.6 Å². The molecule has 0 aromatic carbocycles. The van der Waals surface area contributed by atoms with E-state index in [1.807, 2.05) is 0 Å². The minimum absolute atomic E-state index is 0.300. The molecule has 5 heteroatoms. The highest BCUT2D eigenvalue weighted by Gasteiger charge is 2.39. The Labute approximate surface area is 163 Å². The molecule has 2 fully saturated rings. The summed E-state index contributed by atoms with van der Waals surface area (Å²) >= 11 is 0. The molecular formula is C20H40N2OS2. The standard InChI is InChI=1S/C20H40N2OS2/c1-2-14-21-17-19(10-5-3-6-11-19)24-25-20(12-7-4-8-13-20)18-22-15-9-16-23/h21-23H,2-18H2,1H3. The molecule has 0 spiro atoms. The first-order valence-electron chi connectivity index (χ1n) is 10.6. The number of hydrogen-bond acceptors (Lipinski definition) is 5. The number of nitrogens with one attached hydrogen (secondary N) is 2. The smallest absolute Gasteiger partial charge is 0.0443 e. The fraction of sp³-hybridized carbons (Fsp3) is 1.00. The lowest BCUT2D eigenvalue weighted by Crippen LogP contribution is -2.42. The fourth-order valence-corrected chi connectivity index (χ4v) is 8.16. The van der Waals surface area contributed by atoms with E-state index >= 15 is 0 Å². The average molecular weight is 389 g/mol. The zero-order valence-corrected chi connectivity index (χ0v) is 17.9. The van der Waals surface area contributed by atoms with E-state index in [0.29, 0.717) is 16.1 Å². The molecule has 0 bridgehead atoms. The van der Waals surface area contributed by atoms with E-state index in [4.69, 9.17) is 5.11 Å². The van der Waals surface area contributed by atoms with Gasteiger partial charge in [-0.2, -0.15) is 0 Å². The molecule has 0 unspecified atom stereocenters. The molecule has 0 atom stereocenters. The monoisotopic (exact) mass is 388 g/mol. The molecule has 0 aromatic rings. The van der Waals surface area contributed by atoms with Gasteiger partial charge in [0.25, 0.3) is 0 Å². The molecule has 2 aliphatic rings. The Bertz CT molecular complexity index is 343. The second-order valence-electron chi connectivity index (χ2n) is 8.08. The van der Waals surface area contributed by atoms with Crippen molar-refractivity contribution in [1.82, 2.24) is 10.6 Å².